The average Bonchev–Trinajstić information content (AvgIpc) is 3.99. The molecule has 0 N–H and O–H groups in total. The molecular formula is C55H37N3O. The molecule has 1 atom stereocenters. The molecule has 8 aromatic carbocycles. The Labute approximate surface area is 341 Å². The molecule has 0 saturated carbocycles. The molecule has 0 spiro atoms. The molecule has 0 saturated heterocycles. The zero-order valence-electron chi connectivity index (χ0n) is 32.2. The van der Waals surface area contributed by atoms with Crippen LogP contribution in [0.2, 0.25) is 0 Å². The quantitative estimate of drug-likeness (QED) is 0.169. The molecular weight excluding hydrogens is 719 g/mol. The Balaban J connectivity index is 0.982. The molecule has 0 aliphatic heterocycles. The lowest BCUT2D eigenvalue weighted by Crippen LogP contribution is -2.06. The summed E-state index contributed by atoms with van der Waals surface area (Å²) in [4.78, 5) is 5.32. The third-order valence-corrected chi connectivity index (χ3v) is 12.0. The maximum absolute atomic E-state index is 6.54. The highest BCUT2D eigenvalue weighted by molar-refractivity contribution is 6.14. The number of hydrogen-bond donors (Lipinski definition) is 0. The summed E-state index contributed by atoms with van der Waals surface area (Å²) in [5, 5.41) is 4.67. The lowest BCUT2D eigenvalue weighted by Gasteiger charge is -2.16. The maximum Gasteiger partial charge on any atom is 0.136 e. The number of allylic oxidation sites excluding steroid dienone is 4. The first-order chi connectivity index (χ1) is 29.2. The number of fused-ring (bicyclic) bond motifs is 7. The fraction of sp³-hybridized carbons (Fsp3) is 0.0364. The zero-order chi connectivity index (χ0) is 38.9. The predicted molar refractivity (Wildman–Crippen MR) is 245 cm³/mol. The van der Waals surface area contributed by atoms with Gasteiger partial charge in [0.1, 0.15) is 17.0 Å². The van der Waals surface area contributed by atoms with Gasteiger partial charge in [0.25, 0.3) is 0 Å². The first-order valence-electron chi connectivity index (χ1n) is 20.3. The van der Waals surface area contributed by atoms with E-state index in [9.17, 15) is 0 Å². The Hall–Kier alpha value is -7.69. The van der Waals surface area contributed by atoms with Crippen LogP contribution in [-0.4, -0.2) is 14.1 Å². The Kier molecular flexibility index (Phi) is 7.63. The van der Waals surface area contributed by atoms with E-state index >= 15 is 0 Å². The van der Waals surface area contributed by atoms with Crippen molar-refractivity contribution in [1.82, 2.24) is 14.1 Å². The summed E-state index contributed by atoms with van der Waals surface area (Å²) in [5.41, 5.74) is 15.4. The summed E-state index contributed by atoms with van der Waals surface area (Å²) in [6.07, 6.45) is 9.68. The summed E-state index contributed by atoms with van der Waals surface area (Å²) in [7, 11) is 0. The van der Waals surface area contributed by atoms with E-state index in [0.717, 1.165) is 73.3 Å². The van der Waals surface area contributed by atoms with Crippen LogP contribution in [0.1, 0.15) is 18.2 Å². The molecule has 4 heteroatoms. The lowest BCUT2D eigenvalue weighted by atomic mass is 9.96. The van der Waals surface area contributed by atoms with E-state index in [4.69, 9.17) is 9.40 Å². The highest BCUT2D eigenvalue weighted by Crippen LogP contribution is 2.41. The smallest absolute Gasteiger partial charge is 0.136 e. The van der Waals surface area contributed by atoms with Crippen LogP contribution in [0, 0.1) is 0 Å². The van der Waals surface area contributed by atoms with Gasteiger partial charge in [0.15, 0.2) is 0 Å². The first kappa shape index (κ1) is 33.4. The van der Waals surface area contributed by atoms with Gasteiger partial charge in [-0.3, -0.25) is 4.57 Å². The minimum absolute atomic E-state index is 0.206. The van der Waals surface area contributed by atoms with Gasteiger partial charge < -0.3 is 8.98 Å². The molecule has 11 aromatic rings. The van der Waals surface area contributed by atoms with Crippen LogP contribution >= 0.6 is 0 Å². The van der Waals surface area contributed by atoms with Crippen molar-refractivity contribution in [2.24, 2.45) is 0 Å². The Morgan fingerprint density at radius 1 is 0.458 bits per heavy atom. The molecule has 0 bridgehead atoms. The fourth-order valence-electron chi connectivity index (χ4n) is 9.27. The molecule has 0 fully saturated rings. The molecule has 1 aliphatic rings. The van der Waals surface area contributed by atoms with Crippen molar-refractivity contribution < 1.29 is 4.42 Å². The van der Waals surface area contributed by atoms with Crippen LogP contribution in [0.3, 0.4) is 0 Å². The van der Waals surface area contributed by atoms with Crippen LogP contribution < -0.4 is 0 Å². The third kappa shape index (κ3) is 5.49. The van der Waals surface area contributed by atoms with Gasteiger partial charge in [-0.1, -0.05) is 133 Å². The van der Waals surface area contributed by atoms with Gasteiger partial charge in [-0.05, 0) is 113 Å². The van der Waals surface area contributed by atoms with Crippen LogP contribution in [0.5, 0.6) is 0 Å². The number of benzene rings is 8. The molecule has 0 unspecified atom stereocenters. The highest BCUT2D eigenvalue weighted by atomic mass is 16.3. The van der Waals surface area contributed by atoms with Crippen LogP contribution in [0.15, 0.2) is 211 Å². The second kappa shape index (κ2) is 13.5. The number of aromatic nitrogens is 3. The van der Waals surface area contributed by atoms with Crippen molar-refractivity contribution in [3.05, 3.63) is 212 Å². The van der Waals surface area contributed by atoms with E-state index in [1.165, 1.54) is 38.5 Å². The molecule has 59 heavy (non-hydrogen) atoms. The third-order valence-electron chi connectivity index (χ3n) is 12.0. The summed E-state index contributed by atoms with van der Waals surface area (Å²) in [6, 6.07) is 65.4. The number of para-hydroxylation sites is 2. The Morgan fingerprint density at radius 3 is 2.02 bits per heavy atom. The minimum atomic E-state index is 0.206. The zero-order valence-corrected chi connectivity index (χ0v) is 32.2. The molecule has 4 nitrogen and oxygen atoms in total. The van der Waals surface area contributed by atoms with E-state index in [0.29, 0.717) is 0 Å². The van der Waals surface area contributed by atoms with Gasteiger partial charge in [-0.25, -0.2) is 4.98 Å². The number of nitrogens with zero attached hydrogens (tertiary/aromatic N) is 3. The van der Waals surface area contributed by atoms with E-state index in [1.54, 1.807) is 0 Å². The molecule has 3 heterocycles. The van der Waals surface area contributed by atoms with Crippen molar-refractivity contribution in [3.63, 3.8) is 0 Å². The Morgan fingerprint density at radius 2 is 1.15 bits per heavy atom. The topological polar surface area (TPSA) is 35.9 Å². The van der Waals surface area contributed by atoms with E-state index in [-0.39, 0.29) is 5.92 Å². The standard InChI is InChI=1S/C55H37N3O/c1-4-14-36(15-5-1)38-18-12-21-43(32-38)57-49-24-11-10-22-45(49)46-33-39(26-29-50(46)57)40-28-31-52-47(34-40)54-44(23-13-25-53(54)59-52)41-27-30-51-48(35-41)56-55(37-16-6-2-7-17-37)58(51)42-19-8-3-9-20-42/h1-16,18-35,37H,17H2/t37-/m0/s1. The van der Waals surface area contributed by atoms with Crippen molar-refractivity contribution in [3.8, 4) is 44.8 Å². The molecule has 3 aromatic heterocycles. The molecule has 0 amide bonds. The van der Waals surface area contributed by atoms with Gasteiger partial charge in [0, 0.05) is 38.8 Å². The molecule has 0 radical (unpaired) electrons. The van der Waals surface area contributed by atoms with Gasteiger partial charge >= 0.3 is 0 Å². The van der Waals surface area contributed by atoms with Crippen molar-refractivity contribution in [1.29, 1.82) is 0 Å². The van der Waals surface area contributed by atoms with Crippen molar-refractivity contribution in [2.75, 3.05) is 0 Å². The lowest BCUT2D eigenvalue weighted by molar-refractivity contribution is 0.669. The normalized spacial score (nSPS) is 14.1. The van der Waals surface area contributed by atoms with E-state index in [1.807, 2.05) is 0 Å². The average molecular weight is 756 g/mol. The van der Waals surface area contributed by atoms with E-state index < -0.39 is 0 Å². The summed E-state index contributed by atoms with van der Waals surface area (Å²) < 4.78 is 11.3. The second-order valence-electron chi connectivity index (χ2n) is 15.5. The minimum Gasteiger partial charge on any atom is -0.456 e. The van der Waals surface area contributed by atoms with Gasteiger partial charge in [-0.2, -0.15) is 0 Å². The molecule has 1 aliphatic carbocycles. The number of rotatable bonds is 6. The summed E-state index contributed by atoms with van der Waals surface area (Å²) >= 11 is 0. The van der Waals surface area contributed by atoms with Gasteiger partial charge in [-0.15, -0.1) is 0 Å². The number of hydrogen-bond acceptors (Lipinski definition) is 2. The van der Waals surface area contributed by atoms with Crippen LogP contribution in [0.25, 0.3) is 99.5 Å². The second-order valence-corrected chi connectivity index (χ2v) is 15.5. The Bertz CT molecular complexity index is 3470. The summed E-state index contributed by atoms with van der Waals surface area (Å²) in [5.74, 6) is 1.26. The fourth-order valence-corrected chi connectivity index (χ4v) is 9.27. The molecule has 12 rings (SSSR count). The highest BCUT2D eigenvalue weighted by Gasteiger charge is 2.22. The van der Waals surface area contributed by atoms with E-state index in [2.05, 4.69) is 215 Å². The van der Waals surface area contributed by atoms with Gasteiger partial charge in [0.2, 0.25) is 0 Å². The number of imidazole rings is 1. The van der Waals surface area contributed by atoms with Crippen molar-refractivity contribution >= 4 is 54.8 Å². The predicted octanol–water partition coefficient (Wildman–Crippen LogP) is 14.6. The molecule has 278 valence electrons. The van der Waals surface area contributed by atoms with Crippen LogP contribution in [0.4, 0.5) is 0 Å². The largest absolute Gasteiger partial charge is 0.456 e. The summed E-state index contributed by atoms with van der Waals surface area (Å²) in [6.45, 7) is 0. The number of furan rings is 1. The first-order valence-corrected chi connectivity index (χ1v) is 20.3. The van der Waals surface area contributed by atoms with Crippen molar-refractivity contribution in [2.45, 2.75) is 12.3 Å². The maximum atomic E-state index is 6.54. The van der Waals surface area contributed by atoms with Gasteiger partial charge in [0.05, 0.1) is 22.1 Å². The van der Waals surface area contributed by atoms with Crippen LogP contribution in [-0.2, 0) is 0 Å². The SMILES string of the molecule is C1=CC[C@@H](c2nc3cc(-c4cccc5oc6ccc(-c7ccc8c(c7)c7ccccc7n8-c7cccc(-c8ccccc8)c7)cc6c45)ccc3n2-c2ccccc2)C=C1. The monoisotopic (exact) mass is 755 g/mol.